The first kappa shape index (κ1) is 10.2. The lowest BCUT2D eigenvalue weighted by molar-refractivity contribution is -0.136. The average Bonchev–Trinajstić information content (AvgIpc) is 2.97. The van der Waals surface area contributed by atoms with Crippen LogP contribution >= 0.6 is 0 Å². The van der Waals surface area contributed by atoms with Crippen LogP contribution in [-0.4, -0.2) is 5.97 Å². The number of carbonyl (C=O) groups excluding carboxylic acids is 1. The van der Waals surface area contributed by atoms with E-state index < -0.39 is 0 Å². The van der Waals surface area contributed by atoms with Crippen molar-refractivity contribution in [3.63, 3.8) is 0 Å². The first-order valence-electron chi connectivity index (χ1n) is 5.51. The lowest BCUT2D eigenvalue weighted by Crippen LogP contribution is -2.10. The third-order valence-corrected chi connectivity index (χ3v) is 2.96. The van der Waals surface area contributed by atoms with E-state index in [2.05, 4.69) is 13.8 Å². The van der Waals surface area contributed by atoms with Crippen LogP contribution in [0.2, 0.25) is 0 Å². The van der Waals surface area contributed by atoms with Crippen LogP contribution in [-0.2, 0) is 11.2 Å². The van der Waals surface area contributed by atoms with Gasteiger partial charge in [-0.25, -0.2) is 0 Å². The number of carbonyl (C=O) groups is 1. The minimum Gasteiger partial charge on any atom is -0.426 e. The molecule has 1 aromatic rings. The zero-order chi connectivity index (χ0) is 10.8. The van der Waals surface area contributed by atoms with Gasteiger partial charge in [-0.2, -0.15) is 0 Å². The van der Waals surface area contributed by atoms with Crippen molar-refractivity contribution in [3.8, 4) is 5.75 Å². The average molecular weight is 204 g/mol. The van der Waals surface area contributed by atoms with E-state index in [0.717, 1.165) is 12.8 Å². The Balaban J connectivity index is 1.95. The molecule has 2 rings (SSSR count). The van der Waals surface area contributed by atoms with E-state index in [9.17, 15) is 4.79 Å². The van der Waals surface area contributed by atoms with Crippen molar-refractivity contribution in [3.05, 3.63) is 29.8 Å². The SMILES string of the molecule is CCc1ccc(OC(=O)C2CC2C)cc1. The molecule has 0 spiro atoms. The third-order valence-electron chi connectivity index (χ3n) is 2.96. The Kier molecular flexibility index (Phi) is 2.76. The van der Waals surface area contributed by atoms with E-state index in [1.807, 2.05) is 24.3 Å². The normalized spacial score (nSPS) is 23.6. The molecule has 0 radical (unpaired) electrons. The maximum absolute atomic E-state index is 11.5. The van der Waals surface area contributed by atoms with Gasteiger partial charge >= 0.3 is 5.97 Å². The number of rotatable bonds is 3. The molecule has 80 valence electrons. The number of aryl methyl sites for hydroxylation is 1. The Labute approximate surface area is 90.3 Å². The van der Waals surface area contributed by atoms with Gasteiger partial charge in [-0.3, -0.25) is 4.79 Å². The Hall–Kier alpha value is -1.31. The molecule has 2 nitrogen and oxygen atoms in total. The van der Waals surface area contributed by atoms with Gasteiger partial charge in [0.15, 0.2) is 0 Å². The van der Waals surface area contributed by atoms with E-state index >= 15 is 0 Å². The molecule has 0 saturated heterocycles. The zero-order valence-corrected chi connectivity index (χ0v) is 9.19. The van der Waals surface area contributed by atoms with Gasteiger partial charge in [-0.05, 0) is 36.5 Å². The molecule has 0 heterocycles. The van der Waals surface area contributed by atoms with Gasteiger partial charge in [0.2, 0.25) is 0 Å². The van der Waals surface area contributed by atoms with Crippen LogP contribution in [0.25, 0.3) is 0 Å². The van der Waals surface area contributed by atoms with Crippen molar-refractivity contribution in [2.45, 2.75) is 26.7 Å². The molecule has 0 amide bonds. The van der Waals surface area contributed by atoms with Gasteiger partial charge in [0.1, 0.15) is 5.75 Å². The molecule has 1 aromatic carbocycles. The molecular weight excluding hydrogens is 188 g/mol. The molecule has 1 saturated carbocycles. The number of hydrogen-bond donors (Lipinski definition) is 0. The molecule has 0 aliphatic heterocycles. The smallest absolute Gasteiger partial charge is 0.314 e. The Bertz CT molecular complexity index is 353. The molecule has 0 N–H and O–H groups in total. The Morgan fingerprint density at radius 1 is 1.40 bits per heavy atom. The van der Waals surface area contributed by atoms with E-state index in [1.54, 1.807) is 0 Å². The fourth-order valence-electron chi connectivity index (χ4n) is 1.64. The van der Waals surface area contributed by atoms with Crippen LogP contribution in [0, 0.1) is 11.8 Å². The maximum atomic E-state index is 11.5. The summed E-state index contributed by atoms with van der Waals surface area (Å²) >= 11 is 0. The molecule has 2 atom stereocenters. The minimum atomic E-state index is -0.0771. The first-order valence-corrected chi connectivity index (χ1v) is 5.51. The highest BCUT2D eigenvalue weighted by Gasteiger charge is 2.40. The molecule has 1 aliphatic carbocycles. The lowest BCUT2D eigenvalue weighted by atomic mass is 10.2. The summed E-state index contributed by atoms with van der Waals surface area (Å²) in [4.78, 5) is 11.5. The highest BCUT2D eigenvalue weighted by molar-refractivity contribution is 5.78. The highest BCUT2D eigenvalue weighted by Crippen LogP contribution is 2.38. The topological polar surface area (TPSA) is 26.3 Å². The molecule has 2 unspecified atom stereocenters. The fraction of sp³-hybridized carbons (Fsp3) is 0.462. The Morgan fingerprint density at radius 2 is 2.00 bits per heavy atom. The summed E-state index contributed by atoms with van der Waals surface area (Å²) in [5.41, 5.74) is 1.26. The molecule has 0 bridgehead atoms. The second-order valence-electron chi connectivity index (χ2n) is 4.24. The van der Waals surface area contributed by atoms with E-state index in [4.69, 9.17) is 4.74 Å². The first-order chi connectivity index (χ1) is 7.20. The van der Waals surface area contributed by atoms with Crippen LogP contribution in [0.15, 0.2) is 24.3 Å². The quantitative estimate of drug-likeness (QED) is 0.559. The van der Waals surface area contributed by atoms with Gasteiger partial charge in [-0.1, -0.05) is 26.0 Å². The van der Waals surface area contributed by atoms with Crippen LogP contribution in [0.1, 0.15) is 25.8 Å². The van der Waals surface area contributed by atoms with Crippen LogP contribution in [0.5, 0.6) is 5.75 Å². The van der Waals surface area contributed by atoms with Gasteiger partial charge < -0.3 is 4.74 Å². The van der Waals surface area contributed by atoms with Gasteiger partial charge in [0.25, 0.3) is 0 Å². The summed E-state index contributed by atoms with van der Waals surface area (Å²) < 4.78 is 5.27. The van der Waals surface area contributed by atoms with Crippen LogP contribution in [0.4, 0.5) is 0 Å². The van der Waals surface area contributed by atoms with Crippen LogP contribution < -0.4 is 4.74 Å². The van der Waals surface area contributed by atoms with Crippen molar-refractivity contribution in [2.75, 3.05) is 0 Å². The monoisotopic (exact) mass is 204 g/mol. The number of hydrogen-bond acceptors (Lipinski definition) is 2. The number of benzene rings is 1. The van der Waals surface area contributed by atoms with E-state index in [0.29, 0.717) is 11.7 Å². The molecule has 1 aliphatic rings. The second-order valence-corrected chi connectivity index (χ2v) is 4.24. The molecule has 1 fully saturated rings. The standard InChI is InChI=1S/C13H16O2/c1-3-10-4-6-11(7-5-10)15-13(14)12-8-9(12)2/h4-7,9,12H,3,8H2,1-2H3. The van der Waals surface area contributed by atoms with Crippen molar-refractivity contribution in [2.24, 2.45) is 11.8 Å². The van der Waals surface area contributed by atoms with Gasteiger partial charge in [0.05, 0.1) is 5.92 Å². The maximum Gasteiger partial charge on any atom is 0.314 e. The summed E-state index contributed by atoms with van der Waals surface area (Å²) in [7, 11) is 0. The van der Waals surface area contributed by atoms with Crippen LogP contribution in [0.3, 0.4) is 0 Å². The van der Waals surface area contributed by atoms with E-state index in [-0.39, 0.29) is 11.9 Å². The van der Waals surface area contributed by atoms with Gasteiger partial charge in [-0.15, -0.1) is 0 Å². The minimum absolute atomic E-state index is 0.0771. The lowest BCUT2D eigenvalue weighted by Gasteiger charge is -2.04. The predicted molar refractivity (Wildman–Crippen MR) is 58.7 cm³/mol. The largest absolute Gasteiger partial charge is 0.426 e. The van der Waals surface area contributed by atoms with E-state index in [1.165, 1.54) is 5.56 Å². The second kappa shape index (κ2) is 4.05. The van der Waals surface area contributed by atoms with Crippen molar-refractivity contribution < 1.29 is 9.53 Å². The molecule has 2 heteroatoms. The molecular formula is C13H16O2. The summed E-state index contributed by atoms with van der Waals surface area (Å²) in [5.74, 6) is 1.23. The molecule has 0 aromatic heterocycles. The number of ether oxygens (including phenoxy) is 1. The third kappa shape index (κ3) is 2.38. The summed E-state index contributed by atoms with van der Waals surface area (Å²) in [5, 5.41) is 0. The Morgan fingerprint density at radius 3 is 2.47 bits per heavy atom. The fourth-order valence-corrected chi connectivity index (χ4v) is 1.64. The number of esters is 1. The van der Waals surface area contributed by atoms with Crippen molar-refractivity contribution in [1.29, 1.82) is 0 Å². The van der Waals surface area contributed by atoms with Gasteiger partial charge in [0, 0.05) is 0 Å². The summed E-state index contributed by atoms with van der Waals surface area (Å²) in [6, 6.07) is 7.73. The molecule has 15 heavy (non-hydrogen) atoms. The highest BCUT2D eigenvalue weighted by atomic mass is 16.5. The zero-order valence-electron chi connectivity index (χ0n) is 9.19. The summed E-state index contributed by atoms with van der Waals surface area (Å²) in [6.07, 6.45) is 1.99. The van der Waals surface area contributed by atoms with Crippen molar-refractivity contribution >= 4 is 5.97 Å². The predicted octanol–water partition coefficient (Wildman–Crippen LogP) is 2.81. The summed E-state index contributed by atoms with van der Waals surface area (Å²) in [6.45, 7) is 4.18. The van der Waals surface area contributed by atoms with Crippen molar-refractivity contribution in [1.82, 2.24) is 0 Å².